The van der Waals surface area contributed by atoms with Crippen molar-refractivity contribution in [3.05, 3.63) is 162 Å². The molecular formula is C42H27N7O4. The van der Waals surface area contributed by atoms with Crippen LogP contribution in [0.4, 0.5) is 17.1 Å². The fraction of sp³-hybridized carbons (Fsp3) is 0. The van der Waals surface area contributed by atoms with Crippen LogP contribution in [0.3, 0.4) is 0 Å². The highest BCUT2D eigenvalue weighted by molar-refractivity contribution is 6.35. The molecule has 4 N–H and O–H groups in total. The van der Waals surface area contributed by atoms with E-state index < -0.39 is 17.7 Å². The molecule has 9 rings (SSSR count). The summed E-state index contributed by atoms with van der Waals surface area (Å²) in [5.41, 5.74) is 7.39. The molecule has 254 valence electrons. The molecule has 1 aliphatic rings. The lowest BCUT2D eigenvalue weighted by atomic mass is 10.1. The second-order valence-corrected chi connectivity index (χ2v) is 12.5. The Hall–Kier alpha value is -7.66. The van der Waals surface area contributed by atoms with Crippen molar-refractivity contribution in [2.24, 2.45) is 0 Å². The molecule has 53 heavy (non-hydrogen) atoms. The number of aromatic nitrogens is 4. The zero-order valence-electron chi connectivity index (χ0n) is 27.8. The number of amides is 4. The van der Waals surface area contributed by atoms with Crippen molar-refractivity contribution in [1.82, 2.24) is 19.9 Å². The van der Waals surface area contributed by atoms with E-state index in [2.05, 4.69) is 30.6 Å². The van der Waals surface area contributed by atoms with Crippen LogP contribution in [0.1, 0.15) is 41.4 Å². The molecule has 0 saturated carbocycles. The lowest BCUT2D eigenvalue weighted by Gasteiger charge is -2.14. The van der Waals surface area contributed by atoms with E-state index >= 15 is 0 Å². The number of rotatable bonds is 7. The number of benzene rings is 6. The van der Waals surface area contributed by atoms with Gasteiger partial charge in [0.2, 0.25) is 0 Å². The van der Waals surface area contributed by atoms with Crippen molar-refractivity contribution in [2.45, 2.75) is 0 Å². The molecule has 0 radical (unpaired) electrons. The van der Waals surface area contributed by atoms with Gasteiger partial charge in [0.25, 0.3) is 23.6 Å². The van der Waals surface area contributed by atoms with E-state index in [1.165, 1.54) is 18.2 Å². The molecule has 0 bridgehead atoms. The Bertz CT molecular complexity index is 2720. The van der Waals surface area contributed by atoms with Gasteiger partial charge in [-0.05, 0) is 91.0 Å². The fourth-order valence-electron chi connectivity index (χ4n) is 6.45. The largest absolute Gasteiger partial charge is 0.338 e. The maximum absolute atomic E-state index is 13.6. The molecule has 0 aliphatic carbocycles. The summed E-state index contributed by atoms with van der Waals surface area (Å²) in [7, 11) is 0. The number of fused-ring (bicyclic) bond motifs is 3. The van der Waals surface area contributed by atoms with Crippen molar-refractivity contribution in [1.29, 1.82) is 0 Å². The number of hydrogen-bond donors (Lipinski definition) is 4. The molecule has 3 heterocycles. The minimum Gasteiger partial charge on any atom is -0.338 e. The number of carbonyl (C=O) groups is 4. The first-order valence-electron chi connectivity index (χ1n) is 16.7. The van der Waals surface area contributed by atoms with Gasteiger partial charge in [0.15, 0.2) is 0 Å². The number of nitrogens with zero attached hydrogens (tertiary/aromatic N) is 3. The van der Waals surface area contributed by atoms with E-state index in [-0.39, 0.29) is 22.6 Å². The summed E-state index contributed by atoms with van der Waals surface area (Å²) in [5, 5.41) is 5.78. The minimum atomic E-state index is -0.564. The first-order chi connectivity index (χ1) is 25.9. The lowest BCUT2D eigenvalue weighted by molar-refractivity contribution is 0.0924. The summed E-state index contributed by atoms with van der Waals surface area (Å²) >= 11 is 0. The predicted octanol–water partition coefficient (Wildman–Crippen LogP) is 8.08. The molecule has 0 unspecified atom stereocenters. The first kappa shape index (κ1) is 31.3. The molecule has 1 aliphatic heterocycles. The molecule has 6 aromatic carbocycles. The van der Waals surface area contributed by atoms with E-state index in [4.69, 9.17) is 0 Å². The topological polar surface area (TPSA) is 153 Å². The number of imidazole rings is 2. The maximum atomic E-state index is 13.6. The highest BCUT2D eigenvalue weighted by atomic mass is 16.2. The Balaban J connectivity index is 0.883. The zero-order valence-corrected chi connectivity index (χ0v) is 27.8. The quantitative estimate of drug-likeness (QED) is 0.124. The monoisotopic (exact) mass is 693 g/mol. The third-order valence-corrected chi connectivity index (χ3v) is 9.10. The number of aromatic amines is 2. The standard InChI is InChI=1S/C42H27N7O4/c50-39(43-28-9-5-7-25(21-28)37-45-33-11-1-2-12-34(33)46-37)24-15-18-30(19-16-24)49-41(52)31-20-17-27(23-32(31)42(49)53)40(51)44-29-10-6-8-26(22-29)38-47-35-13-3-4-14-36(35)48-38/h1-23H,(H,43,50)(H,44,51)(H,45,46)(H,47,48). The van der Waals surface area contributed by atoms with Crippen LogP contribution in [-0.4, -0.2) is 43.6 Å². The Morgan fingerprint density at radius 2 is 1.02 bits per heavy atom. The molecule has 0 atom stereocenters. The molecular weight excluding hydrogens is 667 g/mol. The molecule has 11 heteroatoms. The molecule has 0 fully saturated rings. The van der Waals surface area contributed by atoms with Crippen molar-refractivity contribution >= 4 is 62.8 Å². The second kappa shape index (κ2) is 12.6. The first-order valence-corrected chi connectivity index (χ1v) is 16.7. The minimum absolute atomic E-state index is 0.116. The van der Waals surface area contributed by atoms with Crippen LogP contribution in [0.15, 0.2) is 140 Å². The smallest absolute Gasteiger partial charge is 0.266 e. The summed E-state index contributed by atoms with van der Waals surface area (Å²) in [5.74, 6) is -0.528. The Kier molecular flexibility index (Phi) is 7.44. The SMILES string of the molecule is O=C(Nc1cccc(-c2nc3ccccc3[nH]2)c1)c1ccc(N2C(=O)c3ccc(C(=O)Nc4cccc(-c5nc6ccccc6[nH]5)c4)cc3C2=O)cc1. The third kappa shape index (κ3) is 5.77. The zero-order chi connectivity index (χ0) is 36.1. The summed E-state index contributed by atoms with van der Waals surface area (Å²) in [6, 6.07) is 40.7. The van der Waals surface area contributed by atoms with Gasteiger partial charge in [-0.25, -0.2) is 14.9 Å². The number of hydrogen-bond acceptors (Lipinski definition) is 6. The predicted molar refractivity (Wildman–Crippen MR) is 203 cm³/mol. The Morgan fingerprint density at radius 1 is 0.509 bits per heavy atom. The lowest BCUT2D eigenvalue weighted by Crippen LogP contribution is -2.29. The summed E-state index contributed by atoms with van der Waals surface area (Å²) in [4.78, 5) is 70.3. The van der Waals surface area contributed by atoms with E-state index in [0.717, 1.165) is 38.1 Å². The normalized spacial score (nSPS) is 12.3. The average Bonchev–Trinajstić information content (AvgIpc) is 3.89. The van der Waals surface area contributed by atoms with Gasteiger partial charge in [-0.2, -0.15) is 0 Å². The molecule has 4 amide bonds. The molecule has 11 nitrogen and oxygen atoms in total. The van der Waals surface area contributed by atoms with E-state index in [0.29, 0.717) is 34.3 Å². The van der Waals surface area contributed by atoms with Crippen molar-refractivity contribution < 1.29 is 19.2 Å². The maximum Gasteiger partial charge on any atom is 0.266 e. The van der Waals surface area contributed by atoms with Crippen molar-refractivity contribution in [3.63, 3.8) is 0 Å². The van der Waals surface area contributed by atoms with E-state index in [9.17, 15) is 19.2 Å². The van der Waals surface area contributed by atoms with Crippen LogP contribution in [0.2, 0.25) is 0 Å². The number of anilines is 3. The van der Waals surface area contributed by atoms with Crippen LogP contribution < -0.4 is 15.5 Å². The number of para-hydroxylation sites is 4. The van der Waals surface area contributed by atoms with Gasteiger partial charge in [-0.1, -0.05) is 48.5 Å². The second-order valence-electron chi connectivity index (χ2n) is 12.5. The molecule has 8 aromatic rings. The summed E-state index contributed by atoms with van der Waals surface area (Å²) in [6.07, 6.45) is 0. The van der Waals surface area contributed by atoms with Gasteiger partial charge in [-0.15, -0.1) is 0 Å². The van der Waals surface area contributed by atoms with Gasteiger partial charge in [-0.3, -0.25) is 19.2 Å². The van der Waals surface area contributed by atoms with Crippen LogP contribution in [-0.2, 0) is 0 Å². The Morgan fingerprint density at radius 3 is 1.58 bits per heavy atom. The molecule has 0 spiro atoms. The van der Waals surface area contributed by atoms with Gasteiger partial charge in [0.05, 0.1) is 38.9 Å². The van der Waals surface area contributed by atoms with E-state index in [1.807, 2.05) is 84.9 Å². The highest BCUT2D eigenvalue weighted by Gasteiger charge is 2.37. The Labute approximate surface area is 301 Å². The molecule has 2 aromatic heterocycles. The van der Waals surface area contributed by atoms with Crippen LogP contribution in [0.5, 0.6) is 0 Å². The number of carbonyl (C=O) groups excluding carboxylic acids is 4. The number of H-pyrrole nitrogens is 2. The van der Waals surface area contributed by atoms with Gasteiger partial charge in [0.1, 0.15) is 11.6 Å². The number of nitrogens with one attached hydrogen (secondary N) is 4. The summed E-state index contributed by atoms with van der Waals surface area (Å²) in [6.45, 7) is 0. The summed E-state index contributed by atoms with van der Waals surface area (Å²) < 4.78 is 0. The van der Waals surface area contributed by atoms with Gasteiger partial charge in [0, 0.05) is 33.6 Å². The van der Waals surface area contributed by atoms with Gasteiger partial charge < -0.3 is 20.6 Å². The van der Waals surface area contributed by atoms with Crippen LogP contribution in [0, 0.1) is 0 Å². The molecule has 0 saturated heterocycles. The van der Waals surface area contributed by atoms with Crippen molar-refractivity contribution in [3.8, 4) is 22.8 Å². The van der Waals surface area contributed by atoms with Gasteiger partial charge >= 0.3 is 0 Å². The van der Waals surface area contributed by atoms with Crippen molar-refractivity contribution in [2.75, 3.05) is 15.5 Å². The average molecular weight is 694 g/mol. The van der Waals surface area contributed by atoms with Crippen LogP contribution in [0.25, 0.3) is 44.8 Å². The highest BCUT2D eigenvalue weighted by Crippen LogP contribution is 2.31. The fourth-order valence-corrected chi connectivity index (χ4v) is 6.45. The number of imide groups is 1. The van der Waals surface area contributed by atoms with E-state index in [1.54, 1.807) is 36.4 Å². The van der Waals surface area contributed by atoms with Crippen LogP contribution >= 0.6 is 0 Å². The third-order valence-electron chi connectivity index (χ3n) is 9.10.